The van der Waals surface area contributed by atoms with Crippen molar-refractivity contribution >= 4 is 11.6 Å². The molecule has 3 rings (SSSR count). The number of nitrogens with one attached hydrogen (secondary N) is 1. The molecule has 0 bridgehead atoms. The van der Waals surface area contributed by atoms with Gasteiger partial charge >= 0.3 is 0 Å². The molecule has 0 spiro atoms. The summed E-state index contributed by atoms with van der Waals surface area (Å²) in [7, 11) is 0. The Balaban J connectivity index is 1.61. The topological polar surface area (TPSA) is 33.1 Å². The number of aromatic nitrogens is 2. The summed E-state index contributed by atoms with van der Waals surface area (Å²) in [5, 5.41) is 4.39. The van der Waals surface area contributed by atoms with Crippen LogP contribution in [0, 0.1) is 0 Å². The second kappa shape index (κ2) is 7.77. The Labute approximate surface area is 137 Å². The summed E-state index contributed by atoms with van der Waals surface area (Å²) in [5.74, 6) is 0. The monoisotopic (exact) mass is 318 g/mol. The van der Waals surface area contributed by atoms with Crippen molar-refractivity contribution in [3.63, 3.8) is 0 Å². The molecule has 1 unspecified atom stereocenters. The van der Waals surface area contributed by atoms with E-state index in [1.807, 2.05) is 36.9 Å². The highest BCUT2D eigenvalue weighted by molar-refractivity contribution is 6.31. The predicted molar refractivity (Wildman–Crippen MR) is 90.4 cm³/mol. The molecule has 4 nitrogen and oxygen atoms in total. The van der Waals surface area contributed by atoms with Crippen molar-refractivity contribution in [3.05, 3.63) is 53.6 Å². The van der Waals surface area contributed by atoms with Gasteiger partial charge in [0, 0.05) is 37.1 Å². The maximum absolute atomic E-state index is 6.38. The Morgan fingerprint density at radius 2 is 2.05 bits per heavy atom. The SMILES string of the molecule is Clc1ccccc1C(CNCCN1CCCC1)n1ccnc1. The van der Waals surface area contributed by atoms with Crippen molar-refractivity contribution < 1.29 is 0 Å². The molecule has 0 amide bonds. The first-order valence-corrected chi connectivity index (χ1v) is 8.37. The highest BCUT2D eigenvalue weighted by Gasteiger charge is 2.16. The first-order valence-electron chi connectivity index (χ1n) is 7.99. The number of likely N-dealkylation sites (tertiary alicyclic amines) is 1. The van der Waals surface area contributed by atoms with E-state index in [-0.39, 0.29) is 6.04 Å². The summed E-state index contributed by atoms with van der Waals surface area (Å²) in [6.07, 6.45) is 8.36. The minimum atomic E-state index is 0.176. The summed E-state index contributed by atoms with van der Waals surface area (Å²) in [5.41, 5.74) is 1.14. The third-order valence-electron chi connectivity index (χ3n) is 4.29. The maximum Gasteiger partial charge on any atom is 0.0952 e. The summed E-state index contributed by atoms with van der Waals surface area (Å²) in [6.45, 7) is 5.48. The first kappa shape index (κ1) is 15.5. The van der Waals surface area contributed by atoms with E-state index in [1.54, 1.807) is 0 Å². The maximum atomic E-state index is 6.38. The lowest BCUT2D eigenvalue weighted by Gasteiger charge is -2.22. The van der Waals surface area contributed by atoms with Crippen molar-refractivity contribution in [2.24, 2.45) is 0 Å². The lowest BCUT2D eigenvalue weighted by atomic mass is 10.1. The molecule has 0 saturated carbocycles. The number of benzene rings is 1. The Bertz CT molecular complexity index is 564. The summed E-state index contributed by atoms with van der Waals surface area (Å²) in [4.78, 5) is 6.70. The van der Waals surface area contributed by atoms with Gasteiger partial charge in [-0.1, -0.05) is 29.8 Å². The summed E-state index contributed by atoms with van der Waals surface area (Å²) in [6, 6.07) is 8.22. The van der Waals surface area contributed by atoms with Crippen LogP contribution in [-0.4, -0.2) is 47.2 Å². The number of halogens is 1. The normalized spacial score (nSPS) is 17.0. The highest BCUT2D eigenvalue weighted by Crippen LogP contribution is 2.25. The van der Waals surface area contributed by atoms with Crippen LogP contribution in [-0.2, 0) is 0 Å². The van der Waals surface area contributed by atoms with Gasteiger partial charge in [-0.15, -0.1) is 0 Å². The van der Waals surface area contributed by atoms with E-state index in [1.165, 1.54) is 25.9 Å². The lowest BCUT2D eigenvalue weighted by molar-refractivity contribution is 0.332. The van der Waals surface area contributed by atoms with Crippen molar-refractivity contribution in [3.8, 4) is 0 Å². The van der Waals surface area contributed by atoms with Gasteiger partial charge in [0.25, 0.3) is 0 Å². The molecule has 1 N–H and O–H groups in total. The number of rotatable bonds is 7. The van der Waals surface area contributed by atoms with Crippen molar-refractivity contribution in [1.29, 1.82) is 0 Å². The molecule has 5 heteroatoms. The average molecular weight is 319 g/mol. The Hall–Kier alpha value is -1.36. The Kier molecular flexibility index (Phi) is 5.48. The molecule has 1 aliphatic rings. The van der Waals surface area contributed by atoms with Crippen molar-refractivity contribution in [2.75, 3.05) is 32.7 Å². The lowest BCUT2D eigenvalue weighted by Crippen LogP contribution is -2.33. The largest absolute Gasteiger partial charge is 0.329 e. The van der Waals surface area contributed by atoms with E-state index in [9.17, 15) is 0 Å². The molecule has 1 aromatic heterocycles. The molecule has 2 heterocycles. The van der Waals surface area contributed by atoms with Gasteiger partial charge in [0.05, 0.1) is 12.4 Å². The van der Waals surface area contributed by atoms with Crippen LogP contribution in [0.5, 0.6) is 0 Å². The van der Waals surface area contributed by atoms with Crippen molar-refractivity contribution in [1.82, 2.24) is 19.8 Å². The molecular formula is C17H23ClN4. The zero-order valence-corrected chi connectivity index (χ0v) is 13.5. The molecule has 1 saturated heterocycles. The minimum Gasteiger partial charge on any atom is -0.329 e. The molecule has 118 valence electrons. The van der Waals surface area contributed by atoms with Gasteiger partial charge < -0.3 is 14.8 Å². The summed E-state index contributed by atoms with van der Waals surface area (Å²) >= 11 is 6.38. The van der Waals surface area contributed by atoms with Crippen molar-refractivity contribution in [2.45, 2.75) is 18.9 Å². The van der Waals surface area contributed by atoms with E-state index >= 15 is 0 Å². The van der Waals surface area contributed by atoms with E-state index in [0.29, 0.717) is 0 Å². The van der Waals surface area contributed by atoms with Crippen LogP contribution in [0.15, 0.2) is 43.0 Å². The van der Waals surface area contributed by atoms with Crippen LogP contribution in [0.25, 0.3) is 0 Å². The van der Waals surface area contributed by atoms with Crippen LogP contribution in [0.1, 0.15) is 24.4 Å². The third kappa shape index (κ3) is 3.88. The zero-order valence-electron chi connectivity index (χ0n) is 12.8. The van der Waals surface area contributed by atoms with Crippen LogP contribution in [0.4, 0.5) is 0 Å². The Morgan fingerprint density at radius 1 is 1.23 bits per heavy atom. The fourth-order valence-electron chi connectivity index (χ4n) is 3.06. The average Bonchev–Trinajstić information content (AvgIpc) is 3.21. The molecule has 1 aromatic carbocycles. The fraction of sp³-hybridized carbons (Fsp3) is 0.471. The van der Waals surface area contributed by atoms with Crippen LogP contribution in [0.2, 0.25) is 5.02 Å². The van der Waals surface area contributed by atoms with E-state index in [4.69, 9.17) is 11.6 Å². The first-order chi connectivity index (χ1) is 10.8. The third-order valence-corrected chi connectivity index (χ3v) is 4.63. The smallest absolute Gasteiger partial charge is 0.0952 e. The molecular weight excluding hydrogens is 296 g/mol. The van der Waals surface area contributed by atoms with Gasteiger partial charge in [0.1, 0.15) is 0 Å². The molecule has 0 radical (unpaired) electrons. The molecule has 1 aliphatic heterocycles. The van der Waals surface area contributed by atoms with Gasteiger partial charge in [-0.05, 0) is 37.6 Å². The standard InChI is InChI=1S/C17H23ClN4/c18-16-6-2-1-5-15(16)17(22-12-8-20-14-22)13-19-7-11-21-9-3-4-10-21/h1-2,5-6,8,12,14,17,19H,3-4,7,9-11,13H2. The highest BCUT2D eigenvalue weighted by atomic mass is 35.5. The van der Waals surface area contributed by atoms with E-state index < -0.39 is 0 Å². The molecule has 1 atom stereocenters. The van der Waals surface area contributed by atoms with E-state index in [2.05, 4.69) is 25.8 Å². The predicted octanol–water partition coefficient (Wildman–Crippen LogP) is 2.81. The zero-order chi connectivity index (χ0) is 15.2. The molecule has 2 aromatic rings. The molecule has 0 aliphatic carbocycles. The van der Waals surface area contributed by atoms with Gasteiger partial charge in [0.15, 0.2) is 0 Å². The number of hydrogen-bond acceptors (Lipinski definition) is 3. The van der Waals surface area contributed by atoms with Gasteiger partial charge in [0.2, 0.25) is 0 Å². The second-order valence-electron chi connectivity index (χ2n) is 5.80. The van der Waals surface area contributed by atoms with Crippen LogP contribution < -0.4 is 5.32 Å². The number of hydrogen-bond donors (Lipinski definition) is 1. The fourth-order valence-corrected chi connectivity index (χ4v) is 3.32. The van der Waals surface area contributed by atoms with Gasteiger partial charge in [-0.25, -0.2) is 4.98 Å². The summed E-state index contributed by atoms with van der Waals surface area (Å²) < 4.78 is 2.12. The number of imidazole rings is 1. The van der Waals surface area contributed by atoms with Gasteiger partial charge in [-0.3, -0.25) is 0 Å². The number of nitrogens with zero attached hydrogens (tertiary/aromatic N) is 3. The quantitative estimate of drug-likeness (QED) is 0.797. The second-order valence-corrected chi connectivity index (χ2v) is 6.21. The van der Waals surface area contributed by atoms with E-state index in [0.717, 1.165) is 30.2 Å². The minimum absolute atomic E-state index is 0.176. The molecule has 1 fully saturated rings. The van der Waals surface area contributed by atoms with Gasteiger partial charge in [-0.2, -0.15) is 0 Å². The van der Waals surface area contributed by atoms with Crippen LogP contribution >= 0.6 is 11.6 Å². The van der Waals surface area contributed by atoms with Crippen LogP contribution in [0.3, 0.4) is 0 Å². The molecule has 22 heavy (non-hydrogen) atoms. The Morgan fingerprint density at radius 3 is 2.77 bits per heavy atom.